The molecule has 0 aromatic carbocycles. The Morgan fingerprint density at radius 3 is 2.94 bits per heavy atom. The summed E-state index contributed by atoms with van der Waals surface area (Å²) in [5.74, 6) is 0.665. The Bertz CT molecular complexity index is 358. The maximum atomic E-state index is 5.34. The Morgan fingerprint density at radius 1 is 1.50 bits per heavy atom. The minimum atomic E-state index is 0.602. The van der Waals surface area contributed by atoms with E-state index in [1.54, 1.807) is 18.0 Å². The van der Waals surface area contributed by atoms with E-state index < -0.39 is 0 Å². The molecule has 1 fully saturated rings. The van der Waals surface area contributed by atoms with Crippen molar-refractivity contribution in [2.24, 2.45) is 0 Å². The van der Waals surface area contributed by atoms with Crippen LogP contribution < -0.4 is 5.32 Å². The molecule has 0 atom stereocenters. The van der Waals surface area contributed by atoms with Crippen LogP contribution in [0.1, 0.15) is 12.8 Å². The molecule has 4 nitrogen and oxygen atoms in total. The molecule has 1 aromatic rings. The molecule has 0 spiro atoms. The lowest BCUT2D eigenvalue weighted by atomic mass is 10.2. The third-order valence-corrected chi connectivity index (χ3v) is 4.56. The van der Waals surface area contributed by atoms with Crippen molar-refractivity contribution >= 4 is 33.6 Å². The average molecular weight is 304 g/mol. The number of thioether (sulfide) groups is 1. The van der Waals surface area contributed by atoms with Crippen LogP contribution in [0.3, 0.4) is 0 Å². The van der Waals surface area contributed by atoms with Gasteiger partial charge in [0, 0.05) is 31.7 Å². The largest absolute Gasteiger partial charge is 0.381 e. The lowest BCUT2D eigenvalue weighted by molar-refractivity contribution is 0.1000. The zero-order valence-corrected chi connectivity index (χ0v) is 11.5. The van der Waals surface area contributed by atoms with E-state index in [0.717, 1.165) is 35.6 Å². The van der Waals surface area contributed by atoms with E-state index in [1.807, 2.05) is 7.05 Å². The number of nitrogens with one attached hydrogen (secondary N) is 1. The standard InChI is InChI=1S/C10H14BrN3OS/c1-12-10-13-6-8(11)9(14-10)16-7-2-4-15-5-3-7/h6-7H,2-5H2,1H3,(H,12,13,14). The monoisotopic (exact) mass is 303 g/mol. The summed E-state index contributed by atoms with van der Waals surface area (Å²) in [6.07, 6.45) is 3.98. The zero-order chi connectivity index (χ0) is 11.4. The molecule has 0 saturated carbocycles. The Labute approximate surface area is 108 Å². The summed E-state index contributed by atoms with van der Waals surface area (Å²) in [4.78, 5) is 8.58. The number of anilines is 1. The second kappa shape index (κ2) is 5.84. The summed E-state index contributed by atoms with van der Waals surface area (Å²) in [7, 11) is 1.83. The summed E-state index contributed by atoms with van der Waals surface area (Å²) in [5.41, 5.74) is 0. The van der Waals surface area contributed by atoms with Crippen molar-refractivity contribution in [2.75, 3.05) is 25.6 Å². The van der Waals surface area contributed by atoms with Crippen molar-refractivity contribution in [1.82, 2.24) is 9.97 Å². The Morgan fingerprint density at radius 2 is 2.25 bits per heavy atom. The molecule has 2 rings (SSSR count). The van der Waals surface area contributed by atoms with Gasteiger partial charge < -0.3 is 10.1 Å². The molecular formula is C10H14BrN3OS. The number of ether oxygens (including phenoxy) is 1. The van der Waals surface area contributed by atoms with Crippen LogP contribution in [-0.2, 0) is 4.74 Å². The minimum Gasteiger partial charge on any atom is -0.381 e. The first-order chi connectivity index (χ1) is 7.79. The summed E-state index contributed by atoms with van der Waals surface area (Å²) < 4.78 is 6.30. The highest BCUT2D eigenvalue weighted by atomic mass is 79.9. The second-order valence-corrected chi connectivity index (χ2v) is 5.67. The number of rotatable bonds is 3. The fraction of sp³-hybridized carbons (Fsp3) is 0.600. The minimum absolute atomic E-state index is 0.602. The Kier molecular flexibility index (Phi) is 4.43. The van der Waals surface area contributed by atoms with E-state index >= 15 is 0 Å². The van der Waals surface area contributed by atoms with E-state index in [-0.39, 0.29) is 0 Å². The molecule has 6 heteroatoms. The molecule has 1 aliphatic heterocycles. The van der Waals surface area contributed by atoms with E-state index in [9.17, 15) is 0 Å². The summed E-state index contributed by atoms with van der Waals surface area (Å²) in [6.45, 7) is 1.72. The molecular weight excluding hydrogens is 290 g/mol. The van der Waals surface area contributed by atoms with E-state index in [2.05, 4.69) is 31.2 Å². The van der Waals surface area contributed by atoms with Gasteiger partial charge in [-0.05, 0) is 28.8 Å². The zero-order valence-electron chi connectivity index (χ0n) is 9.07. The van der Waals surface area contributed by atoms with Crippen LogP contribution in [0.15, 0.2) is 15.7 Å². The highest BCUT2D eigenvalue weighted by molar-refractivity contribution is 9.10. The Balaban J connectivity index is 2.06. The Hall–Kier alpha value is -0.330. The summed E-state index contributed by atoms with van der Waals surface area (Å²) in [6, 6.07) is 0. The van der Waals surface area contributed by atoms with Gasteiger partial charge >= 0.3 is 0 Å². The van der Waals surface area contributed by atoms with Crippen molar-refractivity contribution < 1.29 is 4.74 Å². The van der Waals surface area contributed by atoms with Crippen LogP contribution in [0.4, 0.5) is 5.95 Å². The van der Waals surface area contributed by atoms with Gasteiger partial charge in [0.25, 0.3) is 0 Å². The van der Waals surface area contributed by atoms with Crippen LogP contribution >= 0.6 is 27.7 Å². The van der Waals surface area contributed by atoms with Gasteiger partial charge in [0.1, 0.15) is 5.03 Å². The van der Waals surface area contributed by atoms with Gasteiger partial charge in [-0.15, -0.1) is 11.8 Å². The molecule has 88 valence electrons. The van der Waals surface area contributed by atoms with E-state index in [0.29, 0.717) is 11.2 Å². The average Bonchev–Trinajstić information content (AvgIpc) is 2.33. The first-order valence-electron chi connectivity index (χ1n) is 5.24. The first kappa shape index (κ1) is 12.1. The van der Waals surface area contributed by atoms with Gasteiger partial charge in [-0.2, -0.15) is 0 Å². The number of aromatic nitrogens is 2. The summed E-state index contributed by atoms with van der Waals surface area (Å²) in [5, 5.41) is 4.56. The summed E-state index contributed by atoms with van der Waals surface area (Å²) >= 11 is 5.28. The second-order valence-electron chi connectivity index (χ2n) is 3.53. The van der Waals surface area contributed by atoms with Crippen LogP contribution in [0.5, 0.6) is 0 Å². The maximum Gasteiger partial charge on any atom is 0.223 e. The maximum absolute atomic E-state index is 5.34. The van der Waals surface area contributed by atoms with E-state index in [1.165, 1.54) is 0 Å². The topological polar surface area (TPSA) is 47.0 Å². The lowest BCUT2D eigenvalue weighted by Crippen LogP contribution is -2.17. The molecule has 0 aliphatic carbocycles. The smallest absolute Gasteiger partial charge is 0.223 e. The van der Waals surface area contributed by atoms with Crippen molar-refractivity contribution in [2.45, 2.75) is 23.1 Å². The fourth-order valence-electron chi connectivity index (χ4n) is 1.51. The molecule has 2 heterocycles. The molecule has 0 radical (unpaired) electrons. The highest BCUT2D eigenvalue weighted by Crippen LogP contribution is 2.33. The van der Waals surface area contributed by atoms with Gasteiger partial charge in [-0.25, -0.2) is 9.97 Å². The number of nitrogens with zero attached hydrogens (tertiary/aromatic N) is 2. The van der Waals surface area contributed by atoms with Gasteiger partial charge in [0.05, 0.1) is 4.47 Å². The van der Waals surface area contributed by atoms with Gasteiger partial charge in [-0.1, -0.05) is 0 Å². The van der Waals surface area contributed by atoms with Crippen molar-refractivity contribution in [1.29, 1.82) is 0 Å². The molecule has 0 unspecified atom stereocenters. The van der Waals surface area contributed by atoms with Crippen molar-refractivity contribution in [3.63, 3.8) is 0 Å². The van der Waals surface area contributed by atoms with Crippen molar-refractivity contribution in [3.05, 3.63) is 10.7 Å². The number of hydrogen-bond acceptors (Lipinski definition) is 5. The predicted molar refractivity (Wildman–Crippen MR) is 69.0 cm³/mol. The third kappa shape index (κ3) is 3.09. The van der Waals surface area contributed by atoms with Gasteiger partial charge in [0.2, 0.25) is 5.95 Å². The van der Waals surface area contributed by atoms with Gasteiger partial charge in [-0.3, -0.25) is 0 Å². The van der Waals surface area contributed by atoms with Crippen molar-refractivity contribution in [3.8, 4) is 0 Å². The highest BCUT2D eigenvalue weighted by Gasteiger charge is 2.17. The number of halogens is 1. The van der Waals surface area contributed by atoms with Crippen LogP contribution in [0.25, 0.3) is 0 Å². The predicted octanol–water partition coefficient (Wildman–Crippen LogP) is 2.55. The van der Waals surface area contributed by atoms with Gasteiger partial charge in [0.15, 0.2) is 0 Å². The quantitative estimate of drug-likeness (QED) is 0.870. The lowest BCUT2D eigenvalue weighted by Gasteiger charge is -2.21. The molecule has 1 saturated heterocycles. The molecule has 1 N–H and O–H groups in total. The van der Waals surface area contributed by atoms with E-state index in [4.69, 9.17) is 4.74 Å². The number of hydrogen-bond donors (Lipinski definition) is 1. The molecule has 0 amide bonds. The SMILES string of the molecule is CNc1ncc(Br)c(SC2CCOCC2)n1. The normalized spacial score (nSPS) is 17.4. The molecule has 16 heavy (non-hydrogen) atoms. The molecule has 1 aromatic heterocycles. The molecule has 0 bridgehead atoms. The van der Waals surface area contributed by atoms with Crippen LogP contribution in [0.2, 0.25) is 0 Å². The van der Waals surface area contributed by atoms with Crippen LogP contribution in [0, 0.1) is 0 Å². The fourth-order valence-corrected chi connectivity index (χ4v) is 3.03. The molecule has 1 aliphatic rings. The first-order valence-corrected chi connectivity index (χ1v) is 6.91. The third-order valence-electron chi connectivity index (χ3n) is 2.38. The van der Waals surface area contributed by atoms with Crippen LogP contribution in [-0.4, -0.2) is 35.5 Å².